The van der Waals surface area contributed by atoms with E-state index in [9.17, 15) is 27.7 Å². The van der Waals surface area contributed by atoms with Gasteiger partial charge < -0.3 is 4.90 Å². The second-order valence-electron chi connectivity index (χ2n) is 3.72. The highest BCUT2D eigenvalue weighted by Gasteiger charge is 2.45. The van der Waals surface area contributed by atoms with Crippen molar-refractivity contribution in [3.8, 4) is 0 Å². The molecular weight excluding hydrogens is 244 g/mol. The van der Waals surface area contributed by atoms with Gasteiger partial charge in [-0.3, -0.25) is 10.1 Å². The lowest BCUT2D eigenvalue weighted by molar-refractivity contribution is -0.387. The van der Waals surface area contributed by atoms with Crippen LogP contribution in [0.1, 0.15) is 0 Å². The van der Waals surface area contributed by atoms with Gasteiger partial charge in [0.25, 0.3) is 5.92 Å². The maximum Gasteiger partial charge on any atom is 0.307 e. The SMILES string of the molecule is O=[N+]([O-])c1cc(F)c(N2CC(F)(F)C2)cc1F. The monoisotopic (exact) mass is 250 g/mol. The molecule has 0 atom stereocenters. The largest absolute Gasteiger partial charge is 0.357 e. The fraction of sp³-hybridized carbons (Fsp3) is 0.333. The number of nitro groups is 1. The van der Waals surface area contributed by atoms with Crippen LogP contribution in [0.25, 0.3) is 0 Å². The average molecular weight is 250 g/mol. The summed E-state index contributed by atoms with van der Waals surface area (Å²) >= 11 is 0. The van der Waals surface area contributed by atoms with Crippen molar-refractivity contribution < 1.29 is 22.5 Å². The van der Waals surface area contributed by atoms with Crippen LogP contribution in [0.5, 0.6) is 0 Å². The summed E-state index contributed by atoms with van der Waals surface area (Å²) < 4.78 is 51.6. The number of alkyl halides is 2. The molecule has 0 N–H and O–H groups in total. The molecule has 0 radical (unpaired) electrons. The molecule has 1 aliphatic rings. The van der Waals surface area contributed by atoms with Crippen LogP contribution in [-0.4, -0.2) is 23.9 Å². The summed E-state index contributed by atoms with van der Waals surface area (Å²) in [7, 11) is 0. The third-order valence-electron chi connectivity index (χ3n) is 2.40. The van der Waals surface area contributed by atoms with Gasteiger partial charge in [0, 0.05) is 6.07 Å². The Morgan fingerprint density at radius 2 is 1.82 bits per heavy atom. The number of benzene rings is 1. The smallest absolute Gasteiger partial charge is 0.307 e. The molecule has 0 aliphatic carbocycles. The van der Waals surface area contributed by atoms with E-state index < -0.39 is 41.3 Å². The first-order chi connectivity index (χ1) is 7.80. The third kappa shape index (κ3) is 2.02. The Morgan fingerprint density at radius 3 is 2.29 bits per heavy atom. The molecule has 1 aromatic carbocycles. The minimum Gasteiger partial charge on any atom is -0.357 e. The third-order valence-corrected chi connectivity index (χ3v) is 2.40. The van der Waals surface area contributed by atoms with Gasteiger partial charge in [0.15, 0.2) is 5.82 Å². The van der Waals surface area contributed by atoms with Gasteiger partial charge in [-0.25, -0.2) is 13.2 Å². The van der Waals surface area contributed by atoms with Crippen LogP contribution in [0, 0.1) is 21.7 Å². The molecule has 0 amide bonds. The highest BCUT2D eigenvalue weighted by molar-refractivity contribution is 5.55. The first-order valence-corrected chi connectivity index (χ1v) is 4.56. The summed E-state index contributed by atoms with van der Waals surface area (Å²) in [4.78, 5) is 10.1. The van der Waals surface area contributed by atoms with Crippen LogP contribution < -0.4 is 4.90 Å². The Morgan fingerprint density at radius 1 is 1.24 bits per heavy atom. The van der Waals surface area contributed by atoms with Gasteiger partial charge >= 0.3 is 5.69 Å². The number of hydrogen-bond acceptors (Lipinski definition) is 3. The summed E-state index contributed by atoms with van der Waals surface area (Å²) in [6.45, 7) is -1.44. The summed E-state index contributed by atoms with van der Waals surface area (Å²) in [5.41, 5.74) is -1.41. The number of anilines is 1. The number of hydrogen-bond donors (Lipinski definition) is 0. The molecule has 1 aromatic rings. The van der Waals surface area contributed by atoms with Crippen molar-refractivity contribution in [1.29, 1.82) is 0 Å². The van der Waals surface area contributed by atoms with Crippen LogP contribution >= 0.6 is 0 Å². The Kier molecular flexibility index (Phi) is 2.44. The van der Waals surface area contributed by atoms with Crippen LogP contribution in [-0.2, 0) is 0 Å². The molecule has 0 spiro atoms. The van der Waals surface area contributed by atoms with E-state index in [4.69, 9.17) is 0 Å². The molecule has 92 valence electrons. The van der Waals surface area contributed by atoms with Gasteiger partial charge in [-0.05, 0) is 0 Å². The molecule has 0 aromatic heterocycles. The van der Waals surface area contributed by atoms with E-state index in [1.54, 1.807) is 0 Å². The Bertz CT molecular complexity index is 484. The van der Waals surface area contributed by atoms with Crippen molar-refractivity contribution in [2.45, 2.75) is 5.92 Å². The normalized spacial score (nSPS) is 17.8. The van der Waals surface area contributed by atoms with E-state index >= 15 is 0 Å². The first-order valence-electron chi connectivity index (χ1n) is 4.56. The number of halogens is 4. The minimum absolute atomic E-state index is 0.390. The molecule has 1 aliphatic heterocycles. The summed E-state index contributed by atoms with van der Waals surface area (Å²) in [6.07, 6.45) is 0. The Hall–Kier alpha value is -1.86. The summed E-state index contributed by atoms with van der Waals surface area (Å²) in [5.74, 6) is -5.26. The molecule has 0 unspecified atom stereocenters. The van der Waals surface area contributed by atoms with Crippen molar-refractivity contribution in [1.82, 2.24) is 0 Å². The van der Waals surface area contributed by atoms with E-state index in [1.807, 2.05) is 0 Å². The van der Waals surface area contributed by atoms with E-state index in [0.717, 1.165) is 4.90 Å². The topological polar surface area (TPSA) is 46.4 Å². The molecular formula is C9H6F4N2O2. The lowest BCUT2D eigenvalue weighted by Crippen LogP contribution is -2.56. The van der Waals surface area contributed by atoms with Crippen LogP contribution in [0.2, 0.25) is 0 Å². The molecule has 1 fully saturated rings. The zero-order chi connectivity index (χ0) is 12.8. The minimum atomic E-state index is -2.93. The molecule has 17 heavy (non-hydrogen) atoms. The van der Waals surface area contributed by atoms with Gasteiger partial charge in [-0.15, -0.1) is 0 Å². The fourth-order valence-corrected chi connectivity index (χ4v) is 1.59. The van der Waals surface area contributed by atoms with Crippen LogP contribution in [0.4, 0.5) is 28.9 Å². The molecule has 4 nitrogen and oxygen atoms in total. The number of rotatable bonds is 2. The second kappa shape index (κ2) is 3.57. The van der Waals surface area contributed by atoms with Crippen molar-refractivity contribution >= 4 is 11.4 Å². The lowest BCUT2D eigenvalue weighted by Gasteiger charge is -2.40. The zero-order valence-electron chi connectivity index (χ0n) is 8.29. The van der Waals surface area contributed by atoms with E-state index in [-0.39, 0.29) is 5.69 Å². The first kappa shape index (κ1) is 11.6. The van der Waals surface area contributed by atoms with Gasteiger partial charge in [-0.2, -0.15) is 4.39 Å². The second-order valence-corrected chi connectivity index (χ2v) is 3.72. The van der Waals surface area contributed by atoms with Crippen molar-refractivity contribution in [3.63, 3.8) is 0 Å². The standard InChI is InChI=1S/C9H6F4N2O2/c10-5-2-8(15(16)17)6(11)1-7(5)14-3-9(12,13)4-14/h1-2H,3-4H2. The molecule has 1 saturated heterocycles. The molecule has 1 heterocycles. The van der Waals surface area contributed by atoms with Gasteiger partial charge in [-0.1, -0.05) is 0 Å². The average Bonchev–Trinajstić information content (AvgIpc) is 2.17. The summed E-state index contributed by atoms with van der Waals surface area (Å²) in [6, 6.07) is 0.948. The van der Waals surface area contributed by atoms with Gasteiger partial charge in [0.2, 0.25) is 5.82 Å². The predicted molar refractivity (Wildman–Crippen MR) is 50.2 cm³/mol. The zero-order valence-corrected chi connectivity index (χ0v) is 8.29. The van der Waals surface area contributed by atoms with Crippen molar-refractivity contribution in [2.75, 3.05) is 18.0 Å². The maximum absolute atomic E-state index is 13.4. The number of nitrogens with zero attached hydrogens (tertiary/aromatic N) is 2. The lowest BCUT2D eigenvalue weighted by atomic mass is 10.1. The molecule has 2 rings (SSSR count). The van der Waals surface area contributed by atoms with E-state index in [1.165, 1.54) is 0 Å². The Labute approximate surface area is 92.6 Å². The summed E-state index contributed by atoms with van der Waals surface area (Å²) in [5, 5.41) is 10.3. The number of nitro benzene ring substituents is 1. The predicted octanol–water partition coefficient (Wildman–Crippen LogP) is 2.33. The molecule has 0 bridgehead atoms. The van der Waals surface area contributed by atoms with Crippen molar-refractivity contribution in [3.05, 3.63) is 33.9 Å². The van der Waals surface area contributed by atoms with Crippen LogP contribution in [0.3, 0.4) is 0 Å². The maximum atomic E-state index is 13.4. The van der Waals surface area contributed by atoms with Crippen molar-refractivity contribution in [2.24, 2.45) is 0 Å². The van der Waals surface area contributed by atoms with E-state index in [2.05, 4.69) is 0 Å². The quantitative estimate of drug-likeness (QED) is 0.459. The highest BCUT2D eigenvalue weighted by atomic mass is 19.3. The fourth-order valence-electron chi connectivity index (χ4n) is 1.59. The Balaban J connectivity index is 2.32. The van der Waals surface area contributed by atoms with Gasteiger partial charge in [0.05, 0.1) is 29.8 Å². The van der Waals surface area contributed by atoms with Gasteiger partial charge in [0.1, 0.15) is 0 Å². The molecule has 8 heteroatoms. The highest BCUT2D eigenvalue weighted by Crippen LogP contribution is 2.35. The van der Waals surface area contributed by atoms with E-state index in [0.29, 0.717) is 12.1 Å². The van der Waals surface area contributed by atoms with Crippen LogP contribution in [0.15, 0.2) is 12.1 Å². The molecule has 0 saturated carbocycles.